The first-order chi connectivity index (χ1) is 14.3. The molecule has 0 atom stereocenters. The fourth-order valence-electron chi connectivity index (χ4n) is 3.57. The van der Waals surface area contributed by atoms with E-state index >= 15 is 0 Å². The molecule has 8 heteroatoms. The summed E-state index contributed by atoms with van der Waals surface area (Å²) in [4.78, 5) is 14.4. The molecular weight excluding hydrogens is 427 g/mol. The molecule has 2 aromatic carbocycles. The van der Waals surface area contributed by atoms with Crippen LogP contribution >= 0.6 is 11.6 Å². The topological polar surface area (TPSA) is 57.7 Å². The first-order valence-electron chi connectivity index (χ1n) is 9.87. The Morgan fingerprint density at radius 2 is 1.93 bits per heavy atom. The standard InChI is InChI=1S/C22H22ClFN2O3S/c23-20-3-1-4-21(24)19(20)15-25(17-10-11-17)22(27)12-7-16-5-8-18(9-6-16)26-13-2-14-30(26,28)29/h1,3-9,12,17H,2,10-11,13-15H2/b12-7+. The van der Waals surface area contributed by atoms with Crippen LogP contribution < -0.4 is 4.31 Å². The van der Waals surface area contributed by atoms with Gasteiger partial charge in [-0.25, -0.2) is 12.8 Å². The van der Waals surface area contributed by atoms with Crippen LogP contribution in [0.25, 0.3) is 6.08 Å². The van der Waals surface area contributed by atoms with Gasteiger partial charge in [-0.3, -0.25) is 9.10 Å². The fourth-order valence-corrected chi connectivity index (χ4v) is 5.36. The number of amides is 1. The zero-order valence-electron chi connectivity index (χ0n) is 16.3. The minimum absolute atomic E-state index is 0.0978. The molecule has 0 bridgehead atoms. The molecule has 4 rings (SSSR count). The molecule has 2 aliphatic rings. The second kappa shape index (κ2) is 8.40. The first kappa shape index (κ1) is 20.9. The summed E-state index contributed by atoms with van der Waals surface area (Å²) >= 11 is 6.12. The Morgan fingerprint density at radius 3 is 2.53 bits per heavy atom. The Morgan fingerprint density at radius 1 is 1.20 bits per heavy atom. The van der Waals surface area contributed by atoms with Crippen LogP contribution in [-0.2, 0) is 21.4 Å². The number of anilines is 1. The summed E-state index contributed by atoms with van der Waals surface area (Å²) in [7, 11) is -3.22. The Balaban J connectivity index is 1.46. The fraction of sp³-hybridized carbons (Fsp3) is 0.318. The van der Waals surface area contributed by atoms with Gasteiger partial charge in [0.25, 0.3) is 0 Å². The Hall–Kier alpha value is -2.38. The molecule has 5 nitrogen and oxygen atoms in total. The van der Waals surface area contributed by atoms with Crippen LogP contribution in [-0.4, -0.2) is 37.6 Å². The molecule has 1 heterocycles. The molecule has 1 aliphatic heterocycles. The molecule has 30 heavy (non-hydrogen) atoms. The van der Waals surface area contributed by atoms with E-state index in [0.717, 1.165) is 18.4 Å². The largest absolute Gasteiger partial charge is 0.332 e. The lowest BCUT2D eigenvalue weighted by Gasteiger charge is -2.22. The Kier molecular flexibility index (Phi) is 5.84. The molecular formula is C22H22ClFN2O3S. The number of carbonyl (C=O) groups is 1. The van der Waals surface area contributed by atoms with Crippen LogP contribution in [0.5, 0.6) is 0 Å². The maximum absolute atomic E-state index is 14.1. The second-order valence-corrected chi connectivity index (χ2v) is 9.98. The summed E-state index contributed by atoms with van der Waals surface area (Å²) in [6, 6.07) is 11.6. The van der Waals surface area contributed by atoms with Crippen molar-refractivity contribution in [1.82, 2.24) is 4.90 Å². The number of sulfonamides is 1. The molecule has 158 valence electrons. The van der Waals surface area contributed by atoms with Crippen molar-refractivity contribution in [3.05, 3.63) is 70.5 Å². The smallest absolute Gasteiger partial charge is 0.247 e. The van der Waals surface area contributed by atoms with Crippen LogP contribution in [0.15, 0.2) is 48.5 Å². The molecule has 2 aromatic rings. The third kappa shape index (κ3) is 4.52. The monoisotopic (exact) mass is 448 g/mol. The van der Waals surface area contributed by atoms with Gasteiger partial charge in [0.1, 0.15) is 5.82 Å². The minimum atomic E-state index is -3.22. The highest BCUT2D eigenvalue weighted by molar-refractivity contribution is 7.93. The molecule has 1 aliphatic carbocycles. The first-order valence-corrected chi connectivity index (χ1v) is 11.9. The third-order valence-electron chi connectivity index (χ3n) is 5.36. The Bertz CT molecular complexity index is 1060. The van der Waals surface area contributed by atoms with E-state index in [2.05, 4.69) is 0 Å². The third-order valence-corrected chi connectivity index (χ3v) is 7.58. The molecule has 1 saturated carbocycles. The van der Waals surface area contributed by atoms with Crippen molar-refractivity contribution in [2.75, 3.05) is 16.6 Å². The summed E-state index contributed by atoms with van der Waals surface area (Å²) in [6.07, 6.45) is 5.56. The summed E-state index contributed by atoms with van der Waals surface area (Å²) in [5.74, 6) is -0.452. The predicted molar refractivity (Wildman–Crippen MR) is 116 cm³/mol. The summed E-state index contributed by atoms with van der Waals surface area (Å²) in [6.45, 7) is 0.621. The van der Waals surface area contributed by atoms with Gasteiger partial charge in [0.2, 0.25) is 15.9 Å². The van der Waals surface area contributed by atoms with Crippen molar-refractivity contribution in [2.45, 2.75) is 31.8 Å². The van der Waals surface area contributed by atoms with Crippen LogP contribution in [0.4, 0.5) is 10.1 Å². The van der Waals surface area contributed by atoms with Crippen molar-refractivity contribution in [2.24, 2.45) is 0 Å². The maximum atomic E-state index is 14.1. The summed E-state index contributed by atoms with van der Waals surface area (Å²) < 4.78 is 39.6. The maximum Gasteiger partial charge on any atom is 0.247 e. The lowest BCUT2D eigenvalue weighted by atomic mass is 10.1. The molecule has 1 amide bonds. The molecule has 2 fully saturated rings. The van der Waals surface area contributed by atoms with Crippen molar-refractivity contribution >= 4 is 39.3 Å². The van der Waals surface area contributed by atoms with Crippen molar-refractivity contribution in [3.63, 3.8) is 0 Å². The van der Waals surface area contributed by atoms with Crippen molar-refractivity contribution in [3.8, 4) is 0 Å². The van der Waals surface area contributed by atoms with E-state index in [0.29, 0.717) is 29.2 Å². The van der Waals surface area contributed by atoms with Gasteiger partial charge in [-0.1, -0.05) is 29.8 Å². The van der Waals surface area contributed by atoms with Crippen molar-refractivity contribution < 1.29 is 17.6 Å². The minimum Gasteiger partial charge on any atom is -0.332 e. The van der Waals surface area contributed by atoms with Gasteiger partial charge in [0.15, 0.2) is 0 Å². The number of nitrogens with zero attached hydrogens (tertiary/aromatic N) is 2. The number of hydrogen-bond acceptors (Lipinski definition) is 3. The van der Waals surface area contributed by atoms with E-state index < -0.39 is 15.8 Å². The molecule has 0 aromatic heterocycles. The van der Waals surface area contributed by atoms with Gasteiger partial charge < -0.3 is 4.90 Å². The van der Waals surface area contributed by atoms with Gasteiger partial charge in [-0.05, 0) is 55.2 Å². The van der Waals surface area contributed by atoms with Crippen molar-refractivity contribution in [1.29, 1.82) is 0 Å². The molecule has 0 unspecified atom stereocenters. The zero-order chi connectivity index (χ0) is 21.3. The quantitative estimate of drug-likeness (QED) is 0.621. The lowest BCUT2D eigenvalue weighted by molar-refractivity contribution is -0.127. The molecule has 0 radical (unpaired) electrons. The number of halogens is 2. The Labute approximate surface area is 180 Å². The van der Waals surface area contributed by atoms with Crippen LogP contribution in [0.2, 0.25) is 5.02 Å². The van der Waals surface area contributed by atoms with Gasteiger partial charge >= 0.3 is 0 Å². The number of rotatable bonds is 6. The number of benzene rings is 2. The predicted octanol–water partition coefficient (Wildman–Crippen LogP) is 4.22. The second-order valence-electron chi connectivity index (χ2n) is 7.56. The normalized spacial score (nSPS) is 18.1. The van der Waals surface area contributed by atoms with E-state index in [1.54, 1.807) is 47.4 Å². The zero-order valence-corrected chi connectivity index (χ0v) is 17.9. The molecule has 0 N–H and O–H groups in total. The average molecular weight is 449 g/mol. The highest BCUT2D eigenvalue weighted by Gasteiger charge is 2.32. The summed E-state index contributed by atoms with van der Waals surface area (Å²) in [5, 5.41) is 0.310. The van der Waals surface area contributed by atoms with Gasteiger partial charge in [-0.15, -0.1) is 0 Å². The molecule has 1 saturated heterocycles. The molecule has 0 spiro atoms. The van der Waals surface area contributed by atoms with Gasteiger partial charge in [0, 0.05) is 29.2 Å². The van der Waals surface area contributed by atoms with Crippen LogP contribution in [0, 0.1) is 5.82 Å². The highest BCUT2D eigenvalue weighted by Crippen LogP contribution is 2.31. The van der Waals surface area contributed by atoms with E-state index in [-0.39, 0.29) is 24.2 Å². The number of carbonyl (C=O) groups excluding carboxylic acids is 1. The van der Waals surface area contributed by atoms with Crippen LogP contribution in [0.3, 0.4) is 0 Å². The van der Waals surface area contributed by atoms with Crippen LogP contribution in [0.1, 0.15) is 30.4 Å². The average Bonchev–Trinajstić information content (AvgIpc) is 3.49. The SMILES string of the molecule is O=C(/C=C/c1ccc(N2CCCS2(=O)=O)cc1)N(Cc1c(F)cccc1Cl)C1CC1. The van der Waals surface area contributed by atoms with E-state index in [9.17, 15) is 17.6 Å². The summed E-state index contributed by atoms with van der Waals surface area (Å²) in [5.41, 5.74) is 1.73. The van der Waals surface area contributed by atoms with Gasteiger partial charge in [-0.2, -0.15) is 0 Å². The van der Waals surface area contributed by atoms with E-state index in [1.807, 2.05) is 0 Å². The number of hydrogen-bond donors (Lipinski definition) is 0. The van der Waals surface area contributed by atoms with Gasteiger partial charge in [0.05, 0.1) is 18.0 Å². The highest BCUT2D eigenvalue weighted by atomic mass is 35.5. The van der Waals surface area contributed by atoms with E-state index in [1.165, 1.54) is 16.4 Å². The van der Waals surface area contributed by atoms with E-state index in [4.69, 9.17) is 11.6 Å². The lowest BCUT2D eigenvalue weighted by Crippen LogP contribution is -2.31.